The second kappa shape index (κ2) is 5.51. The molecule has 2 heterocycles. The Morgan fingerprint density at radius 3 is 2.83 bits per heavy atom. The van der Waals surface area contributed by atoms with Crippen molar-refractivity contribution in [2.75, 3.05) is 13.1 Å². The molecule has 6 nitrogen and oxygen atoms in total. The Morgan fingerprint density at radius 1 is 1.56 bits per heavy atom. The van der Waals surface area contributed by atoms with Crippen molar-refractivity contribution in [2.24, 2.45) is 11.6 Å². The van der Waals surface area contributed by atoms with Gasteiger partial charge in [0.15, 0.2) is 0 Å². The molecule has 5 N–H and O–H groups in total. The Labute approximate surface area is 106 Å². The fourth-order valence-electron chi connectivity index (χ4n) is 2.26. The SMILES string of the molecule is Cc1oc(CN2CCC(N)CC2)cc1C(=O)NN. The van der Waals surface area contributed by atoms with E-state index in [0.29, 0.717) is 23.9 Å². The number of furan rings is 1. The number of hydrogen-bond donors (Lipinski definition) is 3. The van der Waals surface area contributed by atoms with Gasteiger partial charge in [-0.3, -0.25) is 15.1 Å². The molecule has 0 radical (unpaired) electrons. The molecule has 1 aromatic heterocycles. The lowest BCUT2D eigenvalue weighted by Gasteiger charge is -2.29. The van der Waals surface area contributed by atoms with Crippen LogP contribution in [-0.2, 0) is 6.54 Å². The van der Waals surface area contributed by atoms with Crippen molar-refractivity contribution in [1.29, 1.82) is 0 Å². The van der Waals surface area contributed by atoms with E-state index in [9.17, 15) is 4.79 Å². The van der Waals surface area contributed by atoms with E-state index in [0.717, 1.165) is 31.7 Å². The summed E-state index contributed by atoms with van der Waals surface area (Å²) in [5, 5.41) is 0. The van der Waals surface area contributed by atoms with Crippen LogP contribution in [0, 0.1) is 6.92 Å². The van der Waals surface area contributed by atoms with Crippen LogP contribution in [0.25, 0.3) is 0 Å². The molecule has 1 aliphatic heterocycles. The summed E-state index contributed by atoms with van der Waals surface area (Å²) in [6.07, 6.45) is 2.02. The quantitative estimate of drug-likeness (QED) is 0.403. The van der Waals surface area contributed by atoms with E-state index in [1.807, 2.05) is 0 Å². The van der Waals surface area contributed by atoms with E-state index in [1.54, 1.807) is 13.0 Å². The van der Waals surface area contributed by atoms with Gasteiger partial charge in [-0.25, -0.2) is 5.84 Å². The van der Waals surface area contributed by atoms with Gasteiger partial charge in [-0.05, 0) is 25.8 Å². The highest BCUT2D eigenvalue weighted by molar-refractivity contribution is 5.94. The van der Waals surface area contributed by atoms with Crippen molar-refractivity contribution in [1.82, 2.24) is 10.3 Å². The average molecular weight is 252 g/mol. The van der Waals surface area contributed by atoms with Crippen molar-refractivity contribution < 1.29 is 9.21 Å². The fraction of sp³-hybridized carbons (Fsp3) is 0.583. The second-order valence-corrected chi connectivity index (χ2v) is 4.77. The summed E-state index contributed by atoms with van der Waals surface area (Å²) < 4.78 is 5.58. The number of hydrazine groups is 1. The number of carbonyl (C=O) groups excluding carboxylic acids is 1. The van der Waals surface area contributed by atoms with Crippen LogP contribution >= 0.6 is 0 Å². The molecule has 1 aliphatic rings. The lowest BCUT2D eigenvalue weighted by atomic mass is 10.1. The molecular weight excluding hydrogens is 232 g/mol. The summed E-state index contributed by atoms with van der Waals surface area (Å²) in [6, 6.07) is 2.07. The number of nitrogens with one attached hydrogen (secondary N) is 1. The first-order valence-corrected chi connectivity index (χ1v) is 6.18. The van der Waals surface area contributed by atoms with Crippen molar-refractivity contribution in [3.8, 4) is 0 Å². The monoisotopic (exact) mass is 252 g/mol. The molecule has 1 aromatic rings. The lowest BCUT2D eigenvalue weighted by molar-refractivity contribution is 0.0952. The summed E-state index contributed by atoms with van der Waals surface area (Å²) in [7, 11) is 0. The molecule has 0 bridgehead atoms. The largest absolute Gasteiger partial charge is 0.464 e. The number of likely N-dealkylation sites (tertiary alicyclic amines) is 1. The van der Waals surface area contributed by atoms with Crippen molar-refractivity contribution in [3.05, 3.63) is 23.2 Å². The van der Waals surface area contributed by atoms with Crippen LogP contribution in [0.2, 0.25) is 0 Å². The Bertz CT molecular complexity index is 422. The molecule has 18 heavy (non-hydrogen) atoms. The number of piperidine rings is 1. The van der Waals surface area contributed by atoms with Crippen LogP contribution in [0.3, 0.4) is 0 Å². The molecule has 0 aliphatic carbocycles. The summed E-state index contributed by atoms with van der Waals surface area (Å²) in [4.78, 5) is 13.7. The minimum absolute atomic E-state index is 0.317. The molecule has 2 rings (SSSR count). The van der Waals surface area contributed by atoms with Crippen molar-refractivity contribution in [2.45, 2.75) is 32.4 Å². The maximum Gasteiger partial charge on any atom is 0.268 e. The number of carbonyl (C=O) groups is 1. The Kier molecular flexibility index (Phi) is 4.00. The maximum absolute atomic E-state index is 11.5. The Hall–Kier alpha value is -1.37. The minimum Gasteiger partial charge on any atom is -0.464 e. The summed E-state index contributed by atoms with van der Waals surface area (Å²) in [5.41, 5.74) is 8.48. The van der Waals surface area contributed by atoms with Crippen LogP contribution in [0.1, 0.15) is 34.7 Å². The standard InChI is InChI=1S/C12H20N4O2/c1-8-11(12(17)15-14)6-10(18-8)7-16-4-2-9(13)3-5-16/h6,9H,2-5,7,13-14H2,1H3,(H,15,17). The predicted molar refractivity (Wildman–Crippen MR) is 67.6 cm³/mol. The number of aryl methyl sites for hydroxylation is 1. The molecule has 1 saturated heterocycles. The van der Waals surface area contributed by atoms with Crippen molar-refractivity contribution in [3.63, 3.8) is 0 Å². The minimum atomic E-state index is -0.317. The topological polar surface area (TPSA) is 97.5 Å². The first-order chi connectivity index (χ1) is 8.60. The first-order valence-electron chi connectivity index (χ1n) is 6.18. The van der Waals surface area contributed by atoms with Crippen LogP contribution in [0.5, 0.6) is 0 Å². The zero-order valence-electron chi connectivity index (χ0n) is 10.6. The number of amides is 1. The third-order valence-electron chi connectivity index (χ3n) is 3.36. The van der Waals surface area contributed by atoms with E-state index in [4.69, 9.17) is 16.0 Å². The van der Waals surface area contributed by atoms with E-state index in [-0.39, 0.29) is 5.91 Å². The van der Waals surface area contributed by atoms with E-state index in [1.165, 1.54) is 0 Å². The molecule has 0 aromatic carbocycles. The second-order valence-electron chi connectivity index (χ2n) is 4.77. The van der Waals surface area contributed by atoms with Crippen LogP contribution in [-0.4, -0.2) is 29.9 Å². The van der Waals surface area contributed by atoms with Gasteiger partial charge in [0.25, 0.3) is 5.91 Å². The highest BCUT2D eigenvalue weighted by Crippen LogP contribution is 2.18. The van der Waals surface area contributed by atoms with Gasteiger partial charge in [0, 0.05) is 19.1 Å². The zero-order valence-corrected chi connectivity index (χ0v) is 10.6. The number of nitrogen functional groups attached to an aromatic ring is 1. The molecule has 6 heteroatoms. The van der Waals surface area contributed by atoms with E-state index in [2.05, 4.69) is 10.3 Å². The molecule has 100 valence electrons. The average Bonchev–Trinajstić information content (AvgIpc) is 2.72. The van der Waals surface area contributed by atoms with Crippen LogP contribution in [0.15, 0.2) is 10.5 Å². The Morgan fingerprint density at radius 2 is 2.22 bits per heavy atom. The summed E-state index contributed by atoms with van der Waals surface area (Å²) >= 11 is 0. The highest BCUT2D eigenvalue weighted by Gasteiger charge is 2.19. The van der Waals surface area contributed by atoms with Gasteiger partial charge in [-0.1, -0.05) is 0 Å². The normalized spacial score (nSPS) is 17.9. The third kappa shape index (κ3) is 2.90. The molecule has 1 amide bonds. The number of nitrogens with zero attached hydrogens (tertiary/aromatic N) is 1. The maximum atomic E-state index is 11.5. The molecule has 0 saturated carbocycles. The molecule has 0 atom stereocenters. The first kappa shape index (κ1) is 13.1. The summed E-state index contributed by atoms with van der Waals surface area (Å²) in [5.74, 6) is 6.19. The Balaban J connectivity index is 2.00. The van der Waals surface area contributed by atoms with Crippen LogP contribution < -0.4 is 17.0 Å². The van der Waals surface area contributed by atoms with Gasteiger partial charge >= 0.3 is 0 Å². The van der Waals surface area contributed by atoms with Gasteiger partial charge in [-0.15, -0.1) is 0 Å². The van der Waals surface area contributed by atoms with Gasteiger partial charge in [0.1, 0.15) is 11.5 Å². The zero-order chi connectivity index (χ0) is 13.1. The number of hydrogen-bond acceptors (Lipinski definition) is 5. The van der Waals surface area contributed by atoms with E-state index >= 15 is 0 Å². The molecule has 0 spiro atoms. The fourth-order valence-corrected chi connectivity index (χ4v) is 2.26. The lowest BCUT2D eigenvalue weighted by Crippen LogP contribution is -2.39. The molecular formula is C12H20N4O2. The molecule has 1 fully saturated rings. The van der Waals surface area contributed by atoms with E-state index < -0.39 is 0 Å². The third-order valence-corrected chi connectivity index (χ3v) is 3.36. The van der Waals surface area contributed by atoms with Gasteiger partial charge in [0.05, 0.1) is 12.1 Å². The number of nitrogens with two attached hydrogens (primary N) is 2. The summed E-state index contributed by atoms with van der Waals surface area (Å²) in [6.45, 7) is 4.42. The smallest absolute Gasteiger partial charge is 0.268 e. The van der Waals surface area contributed by atoms with Gasteiger partial charge in [0.2, 0.25) is 0 Å². The van der Waals surface area contributed by atoms with Gasteiger partial charge in [-0.2, -0.15) is 0 Å². The highest BCUT2D eigenvalue weighted by atomic mass is 16.3. The molecule has 0 unspecified atom stereocenters. The number of rotatable bonds is 3. The van der Waals surface area contributed by atoms with Crippen LogP contribution in [0.4, 0.5) is 0 Å². The van der Waals surface area contributed by atoms with Gasteiger partial charge < -0.3 is 10.2 Å². The van der Waals surface area contributed by atoms with Crippen molar-refractivity contribution >= 4 is 5.91 Å². The predicted octanol–water partition coefficient (Wildman–Crippen LogP) is 0.115.